The molecule has 1 heterocycles. The second-order valence-electron chi connectivity index (χ2n) is 4.43. The zero-order valence-corrected chi connectivity index (χ0v) is 12.2. The molecular formula is C15H14ClNO3. The van der Waals surface area contributed by atoms with Gasteiger partial charge in [0.1, 0.15) is 0 Å². The lowest BCUT2D eigenvalue weighted by atomic mass is 10.0. The first-order chi connectivity index (χ1) is 9.45. The summed E-state index contributed by atoms with van der Waals surface area (Å²) in [6, 6.07) is 7.02. The number of likely N-dealkylation sites (N-methyl/N-ethyl adjacent to an activating group) is 1. The molecule has 1 aromatic carbocycles. The number of allylic oxidation sites excluding steroid dienone is 1. The summed E-state index contributed by atoms with van der Waals surface area (Å²) in [5.74, 6) is -0.738. The largest absolute Gasteiger partial charge is 0.465 e. The Balaban J connectivity index is 2.50. The van der Waals surface area contributed by atoms with Gasteiger partial charge in [-0.1, -0.05) is 23.7 Å². The zero-order valence-electron chi connectivity index (χ0n) is 11.4. The van der Waals surface area contributed by atoms with Crippen LogP contribution in [-0.2, 0) is 14.3 Å². The van der Waals surface area contributed by atoms with Gasteiger partial charge in [-0.25, -0.2) is 4.79 Å². The summed E-state index contributed by atoms with van der Waals surface area (Å²) in [5.41, 5.74) is 2.01. The van der Waals surface area contributed by atoms with E-state index in [1.54, 1.807) is 44.3 Å². The number of benzene rings is 1. The van der Waals surface area contributed by atoms with Gasteiger partial charge in [-0.2, -0.15) is 0 Å². The molecule has 0 aromatic heterocycles. The van der Waals surface area contributed by atoms with E-state index in [9.17, 15) is 9.59 Å². The Kier molecular flexibility index (Phi) is 3.95. The van der Waals surface area contributed by atoms with Crippen LogP contribution in [-0.4, -0.2) is 30.9 Å². The second kappa shape index (κ2) is 5.51. The van der Waals surface area contributed by atoms with E-state index in [4.69, 9.17) is 16.3 Å². The average Bonchev–Trinajstić information content (AvgIpc) is 2.65. The van der Waals surface area contributed by atoms with E-state index < -0.39 is 5.97 Å². The highest BCUT2D eigenvalue weighted by molar-refractivity contribution is 6.30. The molecule has 104 valence electrons. The molecule has 0 N–H and O–H groups in total. The highest BCUT2D eigenvalue weighted by Gasteiger charge is 2.34. The van der Waals surface area contributed by atoms with Gasteiger partial charge in [0.25, 0.3) is 5.91 Å². The molecule has 0 bridgehead atoms. The fourth-order valence-electron chi connectivity index (χ4n) is 2.02. The molecule has 1 aliphatic rings. The number of hydrogen-bond acceptors (Lipinski definition) is 3. The van der Waals surface area contributed by atoms with Gasteiger partial charge in [0.15, 0.2) is 0 Å². The van der Waals surface area contributed by atoms with Crippen molar-refractivity contribution in [3.63, 3.8) is 0 Å². The Bertz CT molecular complexity index is 629. The Morgan fingerprint density at radius 2 is 1.90 bits per heavy atom. The number of methoxy groups -OCH3 is 1. The zero-order chi connectivity index (χ0) is 14.9. The van der Waals surface area contributed by atoms with Gasteiger partial charge < -0.3 is 9.64 Å². The predicted octanol–water partition coefficient (Wildman–Crippen LogP) is 2.64. The van der Waals surface area contributed by atoms with Crippen LogP contribution in [0.1, 0.15) is 12.5 Å². The van der Waals surface area contributed by atoms with E-state index in [1.807, 2.05) is 0 Å². The van der Waals surface area contributed by atoms with Gasteiger partial charge in [0, 0.05) is 17.8 Å². The first-order valence-electron chi connectivity index (χ1n) is 6.00. The molecule has 1 aliphatic heterocycles. The SMILES string of the molecule is COC(=O)C1=C(C)N(C)C(=O)/C1=C\c1ccc(Cl)cc1. The van der Waals surface area contributed by atoms with E-state index in [0.717, 1.165) is 5.56 Å². The third-order valence-corrected chi connectivity index (χ3v) is 3.49. The van der Waals surface area contributed by atoms with Gasteiger partial charge in [-0.15, -0.1) is 0 Å². The molecule has 0 saturated heterocycles. The van der Waals surface area contributed by atoms with Crippen molar-refractivity contribution in [3.05, 3.63) is 51.7 Å². The number of carbonyl (C=O) groups is 2. The first kappa shape index (κ1) is 14.3. The molecule has 4 nitrogen and oxygen atoms in total. The van der Waals surface area contributed by atoms with Crippen molar-refractivity contribution in [1.82, 2.24) is 4.90 Å². The molecule has 0 saturated carbocycles. The van der Waals surface area contributed by atoms with Crippen LogP contribution in [0.5, 0.6) is 0 Å². The fourth-order valence-corrected chi connectivity index (χ4v) is 2.15. The molecule has 1 aromatic rings. The lowest BCUT2D eigenvalue weighted by Gasteiger charge is -2.08. The van der Waals surface area contributed by atoms with Crippen LogP contribution in [0, 0.1) is 0 Å². The Morgan fingerprint density at radius 1 is 1.30 bits per heavy atom. The predicted molar refractivity (Wildman–Crippen MR) is 76.9 cm³/mol. The lowest BCUT2D eigenvalue weighted by Crippen LogP contribution is -2.19. The van der Waals surface area contributed by atoms with Gasteiger partial charge in [0.2, 0.25) is 0 Å². The highest BCUT2D eigenvalue weighted by Crippen LogP contribution is 2.30. The molecule has 0 aliphatic carbocycles. The number of amides is 1. The van der Waals surface area contributed by atoms with Gasteiger partial charge in [-0.05, 0) is 30.7 Å². The standard InChI is InChI=1S/C15H14ClNO3/c1-9-13(15(19)20-3)12(14(18)17(9)2)8-10-4-6-11(16)7-5-10/h4-8H,1-3H3/b12-8-. The van der Waals surface area contributed by atoms with Crippen LogP contribution in [0.15, 0.2) is 41.1 Å². The summed E-state index contributed by atoms with van der Waals surface area (Å²) in [4.78, 5) is 25.5. The molecule has 0 fully saturated rings. The van der Waals surface area contributed by atoms with E-state index in [-0.39, 0.29) is 5.91 Å². The van der Waals surface area contributed by atoms with E-state index in [2.05, 4.69) is 0 Å². The van der Waals surface area contributed by atoms with E-state index in [1.165, 1.54) is 12.0 Å². The third kappa shape index (κ3) is 2.47. The van der Waals surface area contributed by atoms with Crippen molar-refractivity contribution in [2.45, 2.75) is 6.92 Å². The van der Waals surface area contributed by atoms with Crippen LogP contribution >= 0.6 is 11.6 Å². The van der Waals surface area contributed by atoms with Gasteiger partial charge in [0.05, 0.1) is 18.3 Å². The second-order valence-corrected chi connectivity index (χ2v) is 4.86. The Hall–Kier alpha value is -2.07. The topological polar surface area (TPSA) is 46.6 Å². The summed E-state index contributed by atoms with van der Waals surface area (Å²) in [7, 11) is 2.93. The molecule has 0 radical (unpaired) electrons. The minimum Gasteiger partial charge on any atom is -0.465 e. The monoisotopic (exact) mass is 291 g/mol. The van der Waals surface area contributed by atoms with Gasteiger partial charge in [-0.3, -0.25) is 4.79 Å². The molecule has 20 heavy (non-hydrogen) atoms. The summed E-state index contributed by atoms with van der Waals surface area (Å²) in [6.45, 7) is 1.72. The summed E-state index contributed by atoms with van der Waals surface area (Å²) < 4.78 is 4.75. The smallest absolute Gasteiger partial charge is 0.340 e. The van der Waals surface area contributed by atoms with E-state index in [0.29, 0.717) is 21.9 Å². The maximum atomic E-state index is 12.2. The number of carbonyl (C=O) groups excluding carboxylic acids is 2. The average molecular weight is 292 g/mol. The van der Waals surface area contributed by atoms with Crippen molar-refractivity contribution in [1.29, 1.82) is 0 Å². The normalized spacial score (nSPS) is 17.1. The van der Waals surface area contributed by atoms with Gasteiger partial charge >= 0.3 is 5.97 Å². The number of rotatable bonds is 2. The molecule has 0 atom stereocenters. The first-order valence-corrected chi connectivity index (χ1v) is 6.38. The molecule has 1 amide bonds. The lowest BCUT2D eigenvalue weighted by molar-refractivity contribution is -0.136. The number of esters is 1. The van der Waals surface area contributed by atoms with Crippen molar-refractivity contribution >= 4 is 29.6 Å². The van der Waals surface area contributed by atoms with Crippen LogP contribution in [0.4, 0.5) is 0 Å². The summed E-state index contributed by atoms with van der Waals surface area (Å²) >= 11 is 5.83. The number of ether oxygens (including phenoxy) is 1. The molecule has 0 spiro atoms. The fraction of sp³-hybridized carbons (Fsp3) is 0.200. The molecular weight excluding hydrogens is 278 g/mol. The Morgan fingerprint density at radius 3 is 2.45 bits per heavy atom. The third-order valence-electron chi connectivity index (χ3n) is 3.24. The molecule has 5 heteroatoms. The Labute approximate surface area is 122 Å². The summed E-state index contributed by atoms with van der Waals surface area (Å²) in [6.07, 6.45) is 1.66. The minimum atomic E-state index is -0.514. The van der Waals surface area contributed by atoms with Crippen LogP contribution in [0.25, 0.3) is 6.08 Å². The van der Waals surface area contributed by atoms with Crippen molar-refractivity contribution < 1.29 is 14.3 Å². The number of hydrogen-bond donors (Lipinski definition) is 0. The van der Waals surface area contributed by atoms with E-state index >= 15 is 0 Å². The maximum Gasteiger partial charge on any atom is 0.340 e. The minimum absolute atomic E-state index is 0.224. The van der Waals surface area contributed by atoms with Crippen LogP contribution in [0.2, 0.25) is 5.02 Å². The van der Waals surface area contributed by atoms with Crippen molar-refractivity contribution in [2.24, 2.45) is 0 Å². The van der Waals surface area contributed by atoms with Crippen LogP contribution in [0.3, 0.4) is 0 Å². The number of halogens is 1. The quantitative estimate of drug-likeness (QED) is 0.622. The maximum absolute atomic E-state index is 12.2. The highest BCUT2D eigenvalue weighted by atomic mass is 35.5. The summed E-state index contributed by atoms with van der Waals surface area (Å²) in [5, 5.41) is 0.613. The van der Waals surface area contributed by atoms with Crippen molar-refractivity contribution in [3.8, 4) is 0 Å². The molecule has 0 unspecified atom stereocenters. The van der Waals surface area contributed by atoms with Crippen molar-refractivity contribution in [2.75, 3.05) is 14.2 Å². The van der Waals surface area contributed by atoms with Crippen LogP contribution < -0.4 is 0 Å². The molecule has 2 rings (SSSR count). The number of nitrogens with zero attached hydrogens (tertiary/aromatic N) is 1.